The van der Waals surface area contributed by atoms with Gasteiger partial charge in [-0.3, -0.25) is 0 Å². The van der Waals surface area contributed by atoms with Gasteiger partial charge >= 0.3 is 0 Å². The van der Waals surface area contributed by atoms with Crippen LogP contribution in [0.25, 0.3) is 0 Å². The van der Waals surface area contributed by atoms with Gasteiger partial charge in [0, 0.05) is 29.3 Å². The Hall–Kier alpha value is -2.54. The minimum absolute atomic E-state index is 0.511. The minimum atomic E-state index is 0.511. The largest absolute Gasteiger partial charge is 0.337 e. The highest BCUT2D eigenvalue weighted by atomic mass is 15.2. The minimum Gasteiger partial charge on any atom is -0.337 e. The number of anilines is 2. The molecule has 1 nitrogen and oxygen atoms in total. The molecule has 4 atom stereocenters. The van der Waals surface area contributed by atoms with Crippen molar-refractivity contribution in [1.29, 1.82) is 0 Å². The van der Waals surface area contributed by atoms with Crippen LogP contribution in [0.4, 0.5) is 11.4 Å². The third kappa shape index (κ3) is 2.22. The van der Waals surface area contributed by atoms with Crippen LogP contribution in [0.15, 0.2) is 84.9 Å². The van der Waals surface area contributed by atoms with Crippen LogP contribution in [0.5, 0.6) is 0 Å². The van der Waals surface area contributed by atoms with Gasteiger partial charge in [0.2, 0.25) is 0 Å². The molecule has 0 spiro atoms. The second kappa shape index (κ2) is 5.77. The average Bonchev–Trinajstić information content (AvgIpc) is 3.16. The van der Waals surface area contributed by atoms with Crippen molar-refractivity contribution in [3.63, 3.8) is 0 Å². The Morgan fingerprint density at radius 2 is 1.40 bits per heavy atom. The molecule has 3 aromatic rings. The van der Waals surface area contributed by atoms with E-state index in [4.69, 9.17) is 0 Å². The monoisotopic (exact) mass is 325 g/mol. The van der Waals surface area contributed by atoms with Gasteiger partial charge in [-0.1, -0.05) is 73.7 Å². The number of benzene rings is 3. The van der Waals surface area contributed by atoms with Crippen LogP contribution in [0.2, 0.25) is 0 Å². The van der Waals surface area contributed by atoms with Crippen molar-refractivity contribution in [2.75, 3.05) is 4.90 Å². The molecule has 124 valence electrons. The lowest BCUT2D eigenvalue weighted by Crippen LogP contribution is -2.33. The predicted octanol–water partition coefficient (Wildman–Crippen LogP) is 6.11. The molecule has 0 radical (unpaired) electrons. The zero-order valence-corrected chi connectivity index (χ0v) is 14.5. The van der Waals surface area contributed by atoms with E-state index >= 15 is 0 Å². The first-order valence-electron chi connectivity index (χ1n) is 9.33. The normalized spacial score (nSPS) is 27.2. The first-order chi connectivity index (χ1) is 12.3. The molecule has 0 aromatic heterocycles. The number of nitrogens with zero attached hydrogens (tertiary/aromatic N) is 1. The van der Waals surface area contributed by atoms with E-state index in [0.29, 0.717) is 23.8 Å². The Morgan fingerprint density at radius 1 is 0.760 bits per heavy atom. The lowest BCUT2D eigenvalue weighted by atomic mass is 9.86. The Kier molecular flexibility index (Phi) is 3.41. The summed E-state index contributed by atoms with van der Waals surface area (Å²) in [5, 5.41) is 0. The van der Waals surface area contributed by atoms with Crippen molar-refractivity contribution < 1.29 is 0 Å². The molecule has 5 rings (SSSR count). The van der Waals surface area contributed by atoms with E-state index < -0.39 is 0 Å². The standard InChI is InChI=1S/C24H23N/c1-17-16-21-20-14-8-9-15-22(20)25(19-12-6-3-7-13-19)24(21)23(17)18-10-4-2-5-11-18/h2-15,17,21,23-24H,16H2,1H3. The molecule has 4 unspecified atom stereocenters. The highest BCUT2D eigenvalue weighted by Gasteiger charge is 2.50. The van der Waals surface area contributed by atoms with Gasteiger partial charge in [0.05, 0.1) is 0 Å². The van der Waals surface area contributed by atoms with Crippen molar-refractivity contribution in [1.82, 2.24) is 0 Å². The summed E-state index contributed by atoms with van der Waals surface area (Å²) < 4.78 is 0. The molecule has 2 aliphatic rings. The fourth-order valence-corrected chi connectivity index (χ4v) is 5.21. The lowest BCUT2D eigenvalue weighted by molar-refractivity contribution is 0.499. The van der Waals surface area contributed by atoms with E-state index in [2.05, 4.69) is 96.8 Å². The maximum Gasteiger partial charge on any atom is 0.0482 e. The summed E-state index contributed by atoms with van der Waals surface area (Å²) >= 11 is 0. The summed E-state index contributed by atoms with van der Waals surface area (Å²) in [6.45, 7) is 2.43. The van der Waals surface area contributed by atoms with Crippen molar-refractivity contribution >= 4 is 11.4 Å². The second-order valence-corrected chi connectivity index (χ2v) is 7.51. The van der Waals surface area contributed by atoms with Crippen LogP contribution in [-0.4, -0.2) is 6.04 Å². The first-order valence-corrected chi connectivity index (χ1v) is 9.33. The molecule has 0 amide bonds. The topological polar surface area (TPSA) is 3.24 Å². The fraction of sp³-hybridized carbons (Fsp3) is 0.250. The molecule has 1 heteroatoms. The van der Waals surface area contributed by atoms with Gasteiger partial charge in [-0.15, -0.1) is 0 Å². The summed E-state index contributed by atoms with van der Waals surface area (Å²) in [5.41, 5.74) is 5.73. The molecule has 1 fully saturated rings. The van der Waals surface area contributed by atoms with Gasteiger partial charge in [-0.05, 0) is 41.7 Å². The van der Waals surface area contributed by atoms with Crippen LogP contribution in [0.1, 0.15) is 36.3 Å². The van der Waals surface area contributed by atoms with E-state index in [1.165, 1.54) is 28.9 Å². The van der Waals surface area contributed by atoms with Crippen LogP contribution < -0.4 is 4.90 Å². The zero-order chi connectivity index (χ0) is 16.8. The molecule has 3 aromatic carbocycles. The molecule has 1 heterocycles. The molecule has 1 saturated carbocycles. The number of fused-ring (bicyclic) bond motifs is 3. The maximum absolute atomic E-state index is 2.61. The molecular weight excluding hydrogens is 302 g/mol. The fourth-order valence-electron chi connectivity index (χ4n) is 5.21. The van der Waals surface area contributed by atoms with Gasteiger partial charge in [0.1, 0.15) is 0 Å². The third-order valence-corrected chi connectivity index (χ3v) is 6.13. The van der Waals surface area contributed by atoms with E-state index in [9.17, 15) is 0 Å². The molecule has 0 saturated heterocycles. The van der Waals surface area contributed by atoms with Gasteiger partial charge < -0.3 is 4.90 Å². The molecule has 25 heavy (non-hydrogen) atoms. The van der Waals surface area contributed by atoms with Gasteiger partial charge in [-0.25, -0.2) is 0 Å². The SMILES string of the molecule is CC1CC2c3ccccc3N(c3ccccc3)C2C1c1ccccc1. The number of hydrogen-bond donors (Lipinski definition) is 0. The Morgan fingerprint density at radius 3 is 2.16 bits per heavy atom. The van der Waals surface area contributed by atoms with Crippen molar-refractivity contribution in [2.45, 2.75) is 31.2 Å². The van der Waals surface area contributed by atoms with E-state index in [1.54, 1.807) is 0 Å². The average molecular weight is 325 g/mol. The zero-order valence-electron chi connectivity index (χ0n) is 14.5. The molecule has 0 bridgehead atoms. The lowest BCUT2D eigenvalue weighted by Gasteiger charge is -2.33. The van der Waals surface area contributed by atoms with Crippen molar-refractivity contribution in [2.24, 2.45) is 5.92 Å². The van der Waals surface area contributed by atoms with Crippen LogP contribution in [-0.2, 0) is 0 Å². The van der Waals surface area contributed by atoms with E-state index in [0.717, 1.165) is 0 Å². The van der Waals surface area contributed by atoms with Gasteiger partial charge in [0.25, 0.3) is 0 Å². The summed E-state index contributed by atoms with van der Waals surface area (Å²) in [5.74, 6) is 1.88. The summed E-state index contributed by atoms with van der Waals surface area (Å²) in [4.78, 5) is 2.61. The Bertz CT molecular complexity index is 871. The number of hydrogen-bond acceptors (Lipinski definition) is 1. The smallest absolute Gasteiger partial charge is 0.0482 e. The summed E-state index contributed by atoms with van der Waals surface area (Å²) in [6, 6.07) is 31.6. The Balaban J connectivity index is 1.68. The Labute approximate surface area is 149 Å². The number of para-hydroxylation sites is 2. The molecular formula is C24H23N. The first kappa shape index (κ1) is 14.8. The van der Waals surface area contributed by atoms with Gasteiger partial charge in [-0.2, -0.15) is 0 Å². The summed E-state index contributed by atoms with van der Waals surface area (Å²) in [7, 11) is 0. The van der Waals surface area contributed by atoms with E-state index in [-0.39, 0.29) is 0 Å². The third-order valence-electron chi connectivity index (χ3n) is 6.13. The predicted molar refractivity (Wildman–Crippen MR) is 105 cm³/mol. The molecule has 1 aliphatic heterocycles. The second-order valence-electron chi connectivity index (χ2n) is 7.51. The van der Waals surface area contributed by atoms with Crippen LogP contribution >= 0.6 is 0 Å². The van der Waals surface area contributed by atoms with Crippen LogP contribution in [0.3, 0.4) is 0 Å². The van der Waals surface area contributed by atoms with Crippen LogP contribution in [0, 0.1) is 5.92 Å². The molecule has 1 aliphatic carbocycles. The highest BCUT2D eigenvalue weighted by molar-refractivity contribution is 5.74. The number of rotatable bonds is 2. The quantitative estimate of drug-likeness (QED) is 0.549. The maximum atomic E-state index is 2.61. The molecule has 0 N–H and O–H groups in total. The van der Waals surface area contributed by atoms with Gasteiger partial charge in [0.15, 0.2) is 0 Å². The van der Waals surface area contributed by atoms with Crippen molar-refractivity contribution in [3.05, 3.63) is 96.1 Å². The summed E-state index contributed by atoms with van der Waals surface area (Å²) in [6.07, 6.45) is 1.27. The van der Waals surface area contributed by atoms with Crippen molar-refractivity contribution in [3.8, 4) is 0 Å². The van der Waals surface area contributed by atoms with E-state index in [1.807, 2.05) is 0 Å². The highest BCUT2D eigenvalue weighted by Crippen LogP contribution is 2.58.